The summed E-state index contributed by atoms with van der Waals surface area (Å²) in [6.07, 6.45) is 1.01. The van der Waals surface area contributed by atoms with Crippen LogP contribution in [0.25, 0.3) is 0 Å². The number of nitrogens with one attached hydrogen (secondary N) is 1. The summed E-state index contributed by atoms with van der Waals surface area (Å²) in [6.45, 7) is 12.3. The zero-order valence-electron chi connectivity index (χ0n) is 18.6. The third-order valence-electron chi connectivity index (χ3n) is 5.08. The number of rotatable bonds is 7. The van der Waals surface area contributed by atoms with Gasteiger partial charge in [0.25, 0.3) is 0 Å². The highest BCUT2D eigenvalue weighted by Gasteiger charge is 2.28. The molecule has 0 heterocycles. The molecule has 1 atom stereocenters. The van der Waals surface area contributed by atoms with Crippen molar-refractivity contribution < 1.29 is 9.59 Å². The molecule has 0 aliphatic heterocycles. The summed E-state index contributed by atoms with van der Waals surface area (Å²) in [5.41, 5.74) is 4.17. The van der Waals surface area contributed by atoms with Gasteiger partial charge in [0, 0.05) is 12.1 Å². The van der Waals surface area contributed by atoms with Crippen molar-refractivity contribution in [1.82, 2.24) is 10.2 Å². The van der Waals surface area contributed by atoms with E-state index >= 15 is 0 Å². The highest BCUT2D eigenvalue weighted by Crippen LogP contribution is 2.14. The molecule has 2 amide bonds. The largest absolute Gasteiger partial charge is 0.350 e. The first-order chi connectivity index (χ1) is 13.6. The maximum Gasteiger partial charge on any atom is 0.242 e. The smallest absolute Gasteiger partial charge is 0.242 e. The van der Waals surface area contributed by atoms with Crippen LogP contribution in [0.2, 0.25) is 0 Å². The number of hydrogen-bond acceptors (Lipinski definition) is 2. The van der Waals surface area contributed by atoms with Crippen LogP contribution < -0.4 is 5.32 Å². The maximum atomic E-state index is 13.2. The Morgan fingerprint density at radius 3 is 2.21 bits per heavy atom. The lowest BCUT2D eigenvalue weighted by Crippen LogP contribution is -2.53. The van der Waals surface area contributed by atoms with Crippen LogP contribution in [0.5, 0.6) is 0 Å². The van der Waals surface area contributed by atoms with Gasteiger partial charge in [-0.1, -0.05) is 48.5 Å². The van der Waals surface area contributed by atoms with E-state index in [9.17, 15) is 9.59 Å². The first-order valence-corrected chi connectivity index (χ1v) is 10.3. The Morgan fingerprint density at radius 2 is 1.62 bits per heavy atom. The average Bonchev–Trinajstić information content (AvgIpc) is 2.64. The van der Waals surface area contributed by atoms with Crippen LogP contribution in [0.4, 0.5) is 0 Å². The van der Waals surface area contributed by atoms with Gasteiger partial charge in [-0.2, -0.15) is 0 Å². The first-order valence-electron chi connectivity index (χ1n) is 10.3. The molecule has 4 nitrogen and oxygen atoms in total. The molecule has 0 fully saturated rings. The molecule has 0 radical (unpaired) electrons. The molecule has 4 heteroatoms. The van der Waals surface area contributed by atoms with Crippen molar-refractivity contribution in [3.8, 4) is 0 Å². The predicted molar refractivity (Wildman–Crippen MR) is 119 cm³/mol. The molecule has 2 rings (SSSR count). The Balaban J connectivity index is 2.18. The monoisotopic (exact) mass is 394 g/mol. The van der Waals surface area contributed by atoms with Crippen molar-refractivity contribution in [2.45, 2.75) is 66.0 Å². The normalized spacial score (nSPS) is 12.3. The van der Waals surface area contributed by atoms with Gasteiger partial charge in [0.2, 0.25) is 11.8 Å². The van der Waals surface area contributed by atoms with Gasteiger partial charge in [0.1, 0.15) is 6.04 Å². The molecule has 2 aromatic carbocycles. The fraction of sp³-hybridized carbons (Fsp3) is 0.440. The van der Waals surface area contributed by atoms with Crippen molar-refractivity contribution in [1.29, 1.82) is 0 Å². The van der Waals surface area contributed by atoms with Gasteiger partial charge in [-0.25, -0.2) is 0 Å². The molecule has 1 N–H and O–H groups in total. The van der Waals surface area contributed by atoms with Gasteiger partial charge in [0.15, 0.2) is 0 Å². The van der Waals surface area contributed by atoms with E-state index in [0.29, 0.717) is 19.4 Å². The summed E-state index contributed by atoms with van der Waals surface area (Å²) >= 11 is 0. The second-order valence-electron chi connectivity index (χ2n) is 8.83. The van der Waals surface area contributed by atoms with E-state index in [4.69, 9.17) is 0 Å². The lowest BCUT2D eigenvalue weighted by Gasteiger charge is -2.31. The van der Waals surface area contributed by atoms with E-state index in [0.717, 1.165) is 11.1 Å². The summed E-state index contributed by atoms with van der Waals surface area (Å²) in [6, 6.07) is 15.6. The molecule has 0 unspecified atom stereocenters. The van der Waals surface area contributed by atoms with Gasteiger partial charge in [0.05, 0.1) is 6.42 Å². The minimum atomic E-state index is -0.531. The van der Waals surface area contributed by atoms with Gasteiger partial charge in [-0.05, 0) is 70.2 Å². The Morgan fingerprint density at radius 1 is 0.966 bits per heavy atom. The van der Waals surface area contributed by atoms with E-state index in [1.165, 1.54) is 11.1 Å². The number of carbonyl (C=O) groups is 2. The van der Waals surface area contributed by atoms with E-state index in [2.05, 4.69) is 25.2 Å². The molecular formula is C25H34N2O2. The molecule has 0 bridgehead atoms. The van der Waals surface area contributed by atoms with Crippen LogP contribution in [0.3, 0.4) is 0 Å². The molecule has 156 valence electrons. The van der Waals surface area contributed by atoms with Crippen molar-refractivity contribution in [3.05, 3.63) is 70.8 Å². The molecule has 0 aliphatic rings. The van der Waals surface area contributed by atoms with Crippen LogP contribution in [0, 0.1) is 13.8 Å². The van der Waals surface area contributed by atoms with E-state index in [1.807, 2.05) is 70.2 Å². The van der Waals surface area contributed by atoms with Crippen LogP contribution >= 0.6 is 0 Å². The number of hydrogen-bond donors (Lipinski definition) is 1. The van der Waals surface area contributed by atoms with Gasteiger partial charge in [-0.15, -0.1) is 0 Å². The zero-order valence-corrected chi connectivity index (χ0v) is 18.6. The molecule has 0 saturated heterocycles. The highest BCUT2D eigenvalue weighted by molar-refractivity contribution is 5.88. The number of amides is 2. The van der Waals surface area contributed by atoms with Crippen molar-refractivity contribution in [3.63, 3.8) is 0 Å². The van der Waals surface area contributed by atoms with E-state index in [1.54, 1.807) is 4.90 Å². The summed E-state index contributed by atoms with van der Waals surface area (Å²) in [5.74, 6) is -0.153. The molecular weight excluding hydrogens is 360 g/mol. The van der Waals surface area contributed by atoms with Crippen LogP contribution in [-0.4, -0.2) is 34.8 Å². The second kappa shape index (κ2) is 9.73. The minimum absolute atomic E-state index is 0.0271. The Kier molecular flexibility index (Phi) is 7.60. The molecule has 0 aromatic heterocycles. The Labute approximate surface area is 175 Å². The number of aryl methyl sites for hydroxylation is 2. The van der Waals surface area contributed by atoms with Crippen LogP contribution in [0.15, 0.2) is 48.5 Å². The molecule has 29 heavy (non-hydrogen) atoms. The fourth-order valence-corrected chi connectivity index (χ4v) is 3.23. The number of benzene rings is 2. The van der Waals surface area contributed by atoms with E-state index in [-0.39, 0.29) is 17.4 Å². The molecule has 0 aliphatic carbocycles. The third kappa shape index (κ3) is 7.04. The van der Waals surface area contributed by atoms with E-state index < -0.39 is 6.04 Å². The highest BCUT2D eigenvalue weighted by atomic mass is 16.2. The molecule has 0 saturated carbocycles. The summed E-state index contributed by atoms with van der Waals surface area (Å²) in [5, 5.41) is 3.00. The summed E-state index contributed by atoms with van der Waals surface area (Å²) in [4.78, 5) is 27.7. The average molecular weight is 395 g/mol. The summed E-state index contributed by atoms with van der Waals surface area (Å²) < 4.78 is 0. The standard InChI is InChI=1S/C25H34N2O2/c1-18-12-13-22(16-19(18)2)17-23(28)27(15-14-21-10-8-7-9-11-21)20(3)24(29)26-25(4,5)6/h7-13,16,20H,14-15,17H2,1-6H3,(H,26,29)/t20-/m1/s1. The predicted octanol–water partition coefficient (Wildman–Crippen LogP) is 4.22. The first kappa shape index (κ1) is 22.7. The number of nitrogens with zero attached hydrogens (tertiary/aromatic N) is 1. The lowest BCUT2D eigenvalue weighted by atomic mass is 10.0. The lowest BCUT2D eigenvalue weighted by molar-refractivity contribution is -0.140. The SMILES string of the molecule is Cc1ccc(CC(=O)N(CCc2ccccc2)[C@H](C)C(=O)NC(C)(C)C)cc1C. The maximum absolute atomic E-state index is 13.2. The Bertz CT molecular complexity index is 838. The second-order valence-corrected chi connectivity index (χ2v) is 8.83. The van der Waals surface area contributed by atoms with Gasteiger partial charge in [-0.3, -0.25) is 9.59 Å². The Hall–Kier alpha value is -2.62. The van der Waals surface area contributed by atoms with Crippen LogP contribution in [0.1, 0.15) is 49.9 Å². The third-order valence-corrected chi connectivity index (χ3v) is 5.08. The van der Waals surface area contributed by atoms with Crippen molar-refractivity contribution in [2.24, 2.45) is 0 Å². The molecule has 0 spiro atoms. The van der Waals surface area contributed by atoms with Crippen LogP contribution in [-0.2, 0) is 22.4 Å². The van der Waals surface area contributed by atoms with Crippen molar-refractivity contribution >= 4 is 11.8 Å². The fourth-order valence-electron chi connectivity index (χ4n) is 3.23. The van der Waals surface area contributed by atoms with Gasteiger partial charge < -0.3 is 10.2 Å². The zero-order chi connectivity index (χ0) is 21.6. The molecule has 2 aromatic rings. The number of carbonyl (C=O) groups excluding carboxylic acids is 2. The summed E-state index contributed by atoms with van der Waals surface area (Å²) in [7, 11) is 0. The minimum Gasteiger partial charge on any atom is -0.350 e. The topological polar surface area (TPSA) is 49.4 Å². The van der Waals surface area contributed by atoms with Crippen molar-refractivity contribution in [2.75, 3.05) is 6.54 Å². The quantitative estimate of drug-likeness (QED) is 0.764. The van der Waals surface area contributed by atoms with Gasteiger partial charge >= 0.3 is 0 Å².